The van der Waals surface area contributed by atoms with E-state index in [1.165, 1.54) is 0 Å². The molecule has 0 aromatic heterocycles. The summed E-state index contributed by atoms with van der Waals surface area (Å²) in [5, 5.41) is 11.0. The first-order chi connectivity index (χ1) is 14.2. The number of alkyl carbamates (subject to hydrolysis) is 1. The van der Waals surface area contributed by atoms with Crippen molar-refractivity contribution in [2.75, 3.05) is 0 Å². The van der Waals surface area contributed by atoms with Gasteiger partial charge >= 0.3 is 22.7 Å². The predicted molar refractivity (Wildman–Crippen MR) is 111 cm³/mol. The average Bonchev–Trinajstić information content (AvgIpc) is 3.00. The maximum absolute atomic E-state index is 11.1. The number of carboxylic acids is 1. The lowest BCUT2D eigenvalue weighted by atomic mass is 10.1. The van der Waals surface area contributed by atoms with Crippen LogP contribution in [0.2, 0.25) is 0 Å². The molecule has 0 unspecified atom stereocenters. The van der Waals surface area contributed by atoms with Gasteiger partial charge in [-0.05, 0) is 40.7 Å². The topological polar surface area (TPSA) is 136 Å². The second-order valence-corrected chi connectivity index (χ2v) is 6.84. The molecule has 0 spiro atoms. The number of amides is 1. The lowest BCUT2D eigenvalue weighted by molar-refractivity contribution is -0.138. The molecule has 8 nitrogen and oxygen atoms in total. The van der Waals surface area contributed by atoms with E-state index < -0.39 is 34.8 Å². The zero-order valence-corrected chi connectivity index (χ0v) is 17.2. The second kappa shape index (κ2) is 13.3. The van der Waals surface area contributed by atoms with Crippen LogP contribution in [0.25, 0.3) is 0 Å². The molecule has 4 N–H and O–H groups in total. The summed E-state index contributed by atoms with van der Waals surface area (Å²) in [4.78, 5) is 41.1. The first-order valence-corrected chi connectivity index (χ1v) is 9.38. The van der Waals surface area contributed by atoms with Crippen LogP contribution in [0.4, 0.5) is 9.59 Å². The first-order valence-electron chi connectivity index (χ1n) is 8.62. The highest BCUT2D eigenvalue weighted by atomic mass is 35.5. The van der Waals surface area contributed by atoms with E-state index in [9.17, 15) is 14.4 Å². The lowest BCUT2D eigenvalue weighted by Gasteiger charge is -2.04. The van der Waals surface area contributed by atoms with Gasteiger partial charge in [-0.25, -0.2) is 9.59 Å². The number of carboxylic acid groups (broad SMARTS) is 1. The van der Waals surface area contributed by atoms with Crippen LogP contribution in [-0.2, 0) is 27.2 Å². The van der Waals surface area contributed by atoms with Gasteiger partial charge in [0.15, 0.2) is 0 Å². The lowest BCUT2D eigenvalue weighted by Crippen LogP contribution is -2.32. The number of nitrogens with two attached hydrogens (primary N) is 1. The number of rotatable bonds is 5. The van der Waals surface area contributed by atoms with Gasteiger partial charge in [0.25, 0.3) is 0 Å². The number of halogens is 2. The fourth-order valence-corrected chi connectivity index (χ4v) is 2.33. The van der Waals surface area contributed by atoms with Crippen molar-refractivity contribution in [2.24, 2.45) is 5.73 Å². The zero-order chi connectivity index (χ0) is 22.5. The van der Waals surface area contributed by atoms with Gasteiger partial charge in [0.1, 0.15) is 12.1 Å². The van der Waals surface area contributed by atoms with Gasteiger partial charge in [0, 0.05) is 6.42 Å². The number of hydrogen-bond donors (Lipinski definition) is 3. The minimum atomic E-state index is -0.959. The van der Waals surface area contributed by atoms with Crippen LogP contribution in [0.15, 0.2) is 60.7 Å². The summed E-state index contributed by atoms with van der Waals surface area (Å²) >= 11 is 8.80. The summed E-state index contributed by atoms with van der Waals surface area (Å²) in [6, 6.07) is 17.5. The second-order valence-electron chi connectivity index (χ2n) is 5.96. The van der Waals surface area contributed by atoms with E-state index in [1.54, 1.807) is 0 Å². The minimum absolute atomic E-state index is 0.385. The van der Waals surface area contributed by atoms with Gasteiger partial charge in [-0.15, -0.1) is 0 Å². The molecule has 2 aromatic carbocycles. The fraction of sp³-hybridized carbons (Fsp3) is 0.200. The highest BCUT2D eigenvalue weighted by Gasteiger charge is 2.32. The standard InChI is InChI=1S/C10H9NO3.C9H11NO2.CCl2O/c12-9-8(11-10(13)14-9)6-7-4-2-1-3-5-7;10-8(9(11)12)6-7-4-2-1-3-5-7;2-1(3)4/h1-5,8H,6H2,(H,11,13);1-5,8H,6,10H2,(H,11,12);/t2*8-;/m11./s1. The van der Waals surface area contributed by atoms with E-state index >= 15 is 0 Å². The molecule has 160 valence electrons. The monoisotopic (exact) mass is 454 g/mol. The molecule has 30 heavy (non-hydrogen) atoms. The Balaban J connectivity index is 0.000000258. The van der Waals surface area contributed by atoms with Crippen LogP contribution in [0.3, 0.4) is 0 Å². The number of aliphatic carboxylic acids is 1. The van der Waals surface area contributed by atoms with Crippen molar-refractivity contribution in [1.29, 1.82) is 0 Å². The molecule has 0 aliphatic carbocycles. The Labute approximate surface area is 182 Å². The minimum Gasteiger partial charge on any atom is -0.480 e. The van der Waals surface area contributed by atoms with E-state index in [0.29, 0.717) is 12.8 Å². The first kappa shape index (κ1) is 25.1. The molecule has 1 heterocycles. The van der Waals surface area contributed by atoms with E-state index in [4.69, 9.17) is 15.6 Å². The van der Waals surface area contributed by atoms with E-state index in [2.05, 4.69) is 33.3 Å². The molecule has 0 bridgehead atoms. The Bertz CT molecular complexity index is 845. The van der Waals surface area contributed by atoms with Crippen molar-refractivity contribution in [3.8, 4) is 0 Å². The van der Waals surface area contributed by atoms with Crippen molar-refractivity contribution in [3.63, 3.8) is 0 Å². The van der Waals surface area contributed by atoms with Crippen molar-refractivity contribution >= 4 is 45.9 Å². The van der Waals surface area contributed by atoms with Crippen LogP contribution in [0, 0.1) is 0 Å². The highest BCUT2D eigenvalue weighted by molar-refractivity contribution is 6.93. The molecule has 1 fully saturated rings. The van der Waals surface area contributed by atoms with Gasteiger partial charge in [0.2, 0.25) is 0 Å². The summed E-state index contributed by atoms with van der Waals surface area (Å²) in [6.07, 6.45) is 0.206. The third-order valence-electron chi connectivity index (χ3n) is 3.67. The Morgan fingerprint density at radius 2 is 1.47 bits per heavy atom. The summed E-state index contributed by atoms with van der Waals surface area (Å²) < 4.78 is 3.47. The molecule has 1 saturated heterocycles. The van der Waals surface area contributed by atoms with Crippen LogP contribution >= 0.6 is 23.2 Å². The van der Waals surface area contributed by atoms with Gasteiger partial charge < -0.3 is 20.9 Å². The van der Waals surface area contributed by atoms with Gasteiger partial charge in [-0.1, -0.05) is 60.7 Å². The average molecular weight is 455 g/mol. The molecular weight excluding hydrogens is 435 g/mol. The Kier molecular flexibility index (Phi) is 11.1. The van der Waals surface area contributed by atoms with Crippen LogP contribution in [-0.4, -0.2) is 39.9 Å². The maximum Gasteiger partial charge on any atom is 0.415 e. The third kappa shape index (κ3) is 10.6. The van der Waals surface area contributed by atoms with E-state index in [0.717, 1.165) is 11.1 Å². The molecule has 1 aliphatic heterocycles. The van der Waals surface area contributed by atoms with Gasteiger partial charge in [-0.2, -0.15) is 0 Å². The molecule has 2 aromatic rings. The largest absolute Gasteiger partial charge is 0.480 e. The molecule has 10 heteroatoms. The number of ether oxygens (including phenoxy) is 1. The molecule has 1 amide bonds. The van der Waals surface area contributed by atoms with Crippen molar-refractivity contribution in [1.82, 2.24) is 5.32 Å². The van der Waals surface area contributed by atoms with Gasteiger partial charge in [0.05, 0.1) is 0 Å². The molecule has 0 radical (unpaired) electrons. The smallest absolute Gasteiger partial charge is 0.415 e. The number of esters is 1. The molecule has 1 aliphatic rings. The maximum atomic E-state index is 11.1. The highest BCUT2D eigenvalue weighted by Crippen LogP contribution is 2.08. The van der Waals surface area contributed by atoms with Gasteiger partial charge in [-0.3, -0.25) is 9.59 Å². The summed E-state index contributed by atoms with van der Waals surface area (Å²) in [7, 11) is 0. The number of hydrogen-bond acceptors (Lipinski definition) is 6. The van der Waals surface area contributed by atoms with Crippen molar-refractivity contribution in [3.05, 3.63) is 71.8 Å². The number of nitrogens with one attached hydrogen (secondary N) is 1. The molecule has 3 rings (SSSR count). The SMILES string of the molecule is N[C@H](Cc1ccccc1)C(=O)O.O=C(Cl)Cl.O=C1N[C@H](Cc2ccccc2)C(=O)O1. The third-order valence-corrected chi connectivity index (χ3v) is 3.67. The van der Waals surface area contributed by atoms with Crippen LogP contribution in [0.1, 0.15) is 11.1 Å². The Hall–Kier alpha value is -2.94. The summed E-state index contributed by atoms with van der Waals surface area (Å²) in [6.45, 7) is 0. The van der Waals surface area contributed by atoms with Crippen LogP contribution in [0.5, 0.6) is 0 Å². The van der Waals surface area contributed by atoms with E-state index in [-0.39, 0.29) is 0 Å². The summed E-state index contributed by atoms with van der Waals surface area (Å²) in [5.74, 6) is -1.46. The quantitative estimate of drug-likeness (QED) is 0.358. The molecule has 0 saturated carbocycles. The number of carbonyl (C=O) groups is 4. The van der Waals surface area contributed by atoms with Crippen molar-refractivity contribution < 1.29 is 29.0 Å². The molecular formula is C20H20Cl2N2O6. The predicted octanol–water partition coefficient (Wildman–Crippen LogP) is 3.09. The fourth-order valence-electron chi connectivity index (χ4n) is 2.33. The van der Waals surface area contributed by atoms with Crippen LogP contribution < -0.4 is 11.1 Å². The Morgan fingerprint density at radius 1 is 1.00 bits per heavy atom. The number of cyclic esters (lactones) is 2. The number of benzene rings is 2. The summed E-state index contributed by atoms with van der Waals surface area (Å²) in [5.41, 5.74) is 7.30. The number of carbonyl (C=O) groups excluding carboxylic acids is 3. The molecule has 2 atom stereocenters. The van der Waals surface area contributed by atoms with Crippen molar-refractivity contribution in [2.45, 2.75) is 24.9 Å². The van der Waals surface area contributed by atoms with E-state index in [1.807, 2.05) is 60.7 Å². The zero-order valence-electron chi connectivity index (χ0n) is 15.7. The Morgan fingerprint density at radius 3 is 1.87 bits per heavy atom. The normalized spacial score (nSPS) is 15.4.